The predicted molar refractivity (Wildman–Crippen MR) is 130 cm³/mol. The van der Waals surface area contributed by atoms with Crippen LogP contribution in [-0.4, -0.2) is 57.4 Å². The van der Waals surface area contributed by atoms with Gasteiger partial charge in [-0.25, -0.2) is 8.42 Å². The van der Waals surface area contributed by atoms with Gasteiger partial charge in [0, 0.05) is 38.3 Å². The second kappa shape index (κ2) is 11.5. The molecule has 10 heteroatoms. The number of piperidine rings is 1. The molecule has 1 saturated heterocycles. The Morgan fingerprint density at radius 2 is 1.79 bits per heavy atom. The zero-order chi connectivity index (χ0) is 24.7. The van der Waals surface area contributed by atoms with Gasteiger partial charge < -0.3 is 15.4 Å². The highest BCUT2D eigenvalue weighted by molar-refractivity contribution is 7.89. The number of carbonyl (C=O) groups is 2. The summed E-state index contributed by atoms with van der Waals surface area (Å²) in [5, 5.41) is 5.55. The van der Waals surface area contributed by atoms with Gasteiger partial charge in [0.25, 0.3) is 0 Å². The molecule has 0 saturated carbocycles. The molecule has 0 unspecified atom stereocenters. The zero-order valence-corrected chi connectivity index (χ0v) is 20.5. The van der Waals surface area contributed by atoms with Crippen LogP contribution in [-0.2, 0) is 26.2 Å². The van der Waals surface area contributed by atoms with Crippen LogP contribution in [0.3, 0.4) is 0 Å². The predicted octanol–water partition coefficient (Wildman–Crippen LogP) is 2.10. The van der Waals surface area contributed by atoms with Crippen LogP contribution in [0.2, 0.25) is 0 Å². The van der Waals surface area contributed by atoms with E-state index >= 15 is 0 Å². The van der Waals surface area contributed by atoms with Crippen LogP contribution in [0.5, 0.6) is 5.75 Å². The van der Waals surface area contributed by atoms with Crippen LogP contribution in [0.15, 0.2) is 53.4 Å². The summed E-state index contributed by atoms with van der Waals surface area (Å²) in [6, 6.07) is 12.8. The molecule has 2 aromatic rings. The third kappa shape index (κ3) is 7.28. The first-order valence-electron chi connectivity index (χ1n) is 11.2. The number of nitrogens with zero attached hydrogens (tertiary/aromatic N) is 1. The highest BCUT2D eigenvalue weighted by Gasteiger charge is 2.26. The molecule has 1 aliphatic rings. The highest BCUT2D eigenvalue weighted by Crippen LogP contribution is 2.18. The number of ether oxygens (including phenoxy) is 1. The van der Waals surface area contributed by atoms with Gasteiger partial charge in [-0.05, 0) is 61.7 Å². The maximum absolute atomic E-state index is 12.6. The summed E-state index contributed by atoms with van der Waals surface area (Å²) in [6.45, 7) is 5.38. The Labute approximate surface area is 200 Å². The number of hydrogen-bond donors (Lipinski definition) is 3. The van der Waals surface area contributed by atoms with Gasteiger partial charge in [0.15, 0.2) is 0 Å². The first kappa shape index (κ1) is 25.7. The average molecular weight is 489 g/mol. The lowest BCUT2D eigenvalue weighted by molar-refractivity contribution is -0.123. The minimum Gasteiger partial charge on any atom is -0.497 e. The summed E-state index contributed by atoms with van der Waals surface area (Å²) in [5.74, 6) is 0.231. The molecular weight excluding hydrogens is 456 g/mol. The molecule has 34 heavy (non-hydrogen) atoms. The minimum atomic E-state index is -3.88. The Kier molecular flexibility index (Phi) is 8.65. The van der Waals surface area contributed by atoms with Gasteiger partial charge in [-0.1, -0.05) is 12.1 Å². The standard InChI is InChI=1S/C24H32N4O5S/c1-17(27-34(31,32)23-9-7-20(8-10-23)25-18(2)29)24(30)26-21-11-13-28(14-12-21)16-19-5-4-6-22(15-19)33-3/h4-10,15,17,21,27H,11-14,16H2,1-3H3,(H,25,29)(H,26,30)/t17-/m0/s1. The van der Waals surface area contributed by atoms with Crippen molar-refractivity contribution in [3.8, 4) is 5.75 Å². The van der Waals surface area contributed by atoms with Crippen molar-refractivity contribution in [2.45, 2.75) is 50.2 Å². The van der Waals surface area contributed by atoms with Gasteiger partial charge >= 0.3 is 0 Å². The molecule has 0 aromatic heterocycles. The molecule has 0 aliphatic carbocycles. The van der Waals surface area contributed by atoms with Crippen molar-refractivity contribution >= 4 is 27.5 Å². The van der Waals surface area contributed by atoms with Crippen molar-refractivity contribution in [2.24, 2.45) is 0 Å². The lowest BCUT2D eigenvalue weighted by atomic mass is 10.0. The van der Waals surface area contributed by atoms with E-state index in [1.54, 1.807) is 7.11 Å². The summed E-state index contributed by atoms with van der Waals surface area (Å²) in [7, 11) is -2.23. The number of carbonyl (C=O) groups excluding carboxylic acids is 2. The van der Waals surface area contributed by atoms with Crippen molar-refractivity contribution < 1.29 is 22.7 Å². The Bertz CT molecular complexity index is 1100. The number of rotatable bonds is 9. The number of nitrogens with one attached hydrogen (secondary N) is 3. The normalized spacial score (nSPS) is 16.0. The van der Waals surface area contributed by atoms with Gasteiger partial charge in [0.05, 0.1) is 18.0 Å². The SMILES string of the molecule is COc1cccc(CN2CCC(NC(=O)[C@H](C)NS(=O)(=O)c3ccc(NC(C)=O)cc3)CC2)c1. The van der Waals surface area contributed by atoms with E-state index in [4.69, 9.17) is 4.74 Å². The fourth-order valence-corrected chi connectivity index (χ4v) is 5.07. The summed E-state index contributed by atoms with van der Waals surface area (Å²) in [5.41, 5.74) is 1.67. The van der Waals surface area contributed by atoms with E-state index < -0.39 is 16.1 Å². The molecule has 3 N–H and O–H groups in total. The lowest BCUT2D eigenvalue weighted by Gasteiger charge is -2.33. The molecule has 2 amide bonds. The second-order valence-corrected chi connectivity index (χ2v) is 10.2. The van der Waals surface area contributed by atoms with Gasteiger partial charge in [-0.3, -0.25) is 14.5 Å². The number of sulfonamides is 1. The van der Waals surface area contributed by atoms with Crippen LogP contribution in [0.4, 0.5) is 5.69 Å². The lowest BCUT2D eigenvalue weighted by Crippen LogP contribution is -2.50. The fourth-order valence-electron chi connectivity index (χ4n) is 3.87. The van der Waals surface area contributed by atoms with E-state index in [0.717, 1.165) is 38.2 Å². The number of benzene rings is 2. The van der Waals surface area contributed by atoms with Gasteiger partial charge in [-0.2, -0.15) is 4.72 Å². The van der Waals surface area contributed by atoms with E-state index in [9.17, 15) is 18.0 Å². The molecule has 9 nitrogen and oxygen atoms in total. The Balaban J connectivity index is 1.47. The average Bonchev–Trinajstić information content (AvgIpc) is 2.80. The third-order valence-electron chi connectivity index (χ3n) is 5.68. The fraction of sp³-hybridized carbons (Fsp3) is 0.417. The van der Waals surface area contributed by atoms with Crippen molar-refractivity contribution in [3.05, 3.63) is 54.1 Å². The third-order valence-corrected chi connectivity index (χ3v) is 7.24. The Morgan fingerprint density at radius 1 is 1.12 bits per heavy atom. The van der Waals surface area contributed by atoms with Gasteiger partial charge in [-0.15, -0.1) is 0 Å². The molecule has 184 valence electrons. The van der Waals surface area contributed by atoms with Crippen LogP contribution >= 0.6 is 0 Å². The summed E-state index contributed by atoms with van der Waals surface area (Å²) < 4.78 is 33.0. The summed E-state index contributed by atoms with van der Waals surface area (Å²) >= 11 is 0. The smallest absolute Gasteiger partial charge is 0.241 e. The minimum absolute atomic E-state index is 0.00190. The molecule has 2 aromatic carbocycles. The second-order valence-electron chi connectivity index (χ2n) is 8.46. The molecule has 1 fully saturated rings. The van der Waals surface area contributed by atoms with E-state index in [2.05, 4.69) is 26.3 Å². The van der Waals surface area contributed by atoms with E-state index in [1.807, 2.05) is 18.2 Å². The first-order chi connectivity index (χ1) is 16.2. The number of methoxy groups -OCH3 is 1. The topological polar surface area (TPSA) is 117 Å². The molecular formula is C24H32N4O5S. The van der Waals surface area contributed by atoms with Crippen LogP contribution < -0.4 is 20.1 Å². The monoisotopic (exact) mass is 488 g/mol. The summed E-state index contributed by atoms with van der Waals surface area (Å²) in [6.07, 6.45) is 1.58. The van der Waals surface area contributed by atoms with E-state index in [1.165, 1.54) is 43.7 Å². The van der Waals surface area contributed by atoms with Crippen LogP contribution in [0.1, 0.15) is 32.3 Å². The molecule has 1 aliphatic heterocycles. The number of amides is 2. The maximum Gasteiger partial charge on any atom is 0.241 e. The quantitative estimate of drug-likeness (QED) is 0.498. The Morgan fingerprint density at radius 3 is 2.41 bits per heavy atom. The molecule has 1 heterocycles. The largest absolute Gasteiger partial charge is 0.497 e. The number of hydrogen-bond acceptors (Lipinski definition) is 6. The van der Waals surface area contributed by atoms with Crippen molar-refractivity contribution in [3.63, 3.8) is 0 Å². The van der Waals surface area contributed by atoms with Crippen molar-refractivity contribution in [1.29, 1.82) is 0 Å². The van der Waals surface area contributed by atoms with E-state index in [-0.39, 0.29) is 22.8 Å². The molecule has 3 rings (SSSR count). The maximum atomic E-state index is 12.6. The van der Waals surface area contributed by atoms with Gasteiger partial charge in [0.1, 0.15) is 5.75 Å². The summed E-state index contributed by atoms with van der Waals surface area (Å²) in [4.78, 5) is 26.1. The molecule has 0 bridgehead atoms. The zero-order valence-electron chi connectivity index (χ0n) is 19.7. The van der Waals surface area contributed by atoms with Crippen molar-refractivity contribution in [2.75, 3.05) is 25.5 Å². The number of anilines is 1. The molecule has 1 atom stereocenters. The highest BCUT2D eigenvalue weighted by atomic mass is 32.2. The van der Waals surface area contributed by atoms with Crippen LogP contribution in [0, 0.1) is 0 Å². The molecule has 0 radical (unpaired) electrons. The van der Waals surface area contributed by atoms with Gasteiger partial charge in [0.2, 0.25) is 21.8 Å². The molecule has 0 spiro atoms. The van der Waals surface area contributed by atoms with E-state index in [0.29, 0.717) is 5.69 Å². The van der Waals surface area contributed by atoms with Crippen molar-refractivity contribution in [1.82, 2.24) is 14.9 Å². The Hall–Kier alpha value is -2.95. The number of likely N-dealkylation sites (tertiary alicyclic amines) is 1. The first-order valence-corrected chi connectivity index (χ1v) is 12.7. The van der Waals surface area contributed by atoms with Crippen LogP contribution in [0.25, 0.3) is 0 Å².